The van der Waals surface area contributed by atoms with E-state index in [0.29, 0.717) is 0 Å². The van der Waals surface area contributed by atoms with Crippen LogP contribution in [0, 0.1) is 0 Å². The molecule has 0 fully saturated rings. The first-order valence-corrected chi connectivity index (χ1v) is 6.19. The number of carbonyl (C=O) groups is 3. The fourth-order valence-electron chi connectivity index (χ4n) is 1.57. The van der Waals surface area contributed by atoms with E-state index < -0.39 is 49.2 Å². The molecule has 0 aromatic rings. The van der Waals surface area contributed by atoms with Crippen molar-refractivity contribution in [3.63, 3.8) is 0 Å². The third-order valence-corrected chi connectivity index (χ3v) is 2.67. The monoisotopic (exact) mass is 308 g/mol. The second kappa shape index (κ2) is 9.37. The zero-order valence-electron chi connectivity index (χ0n) is 11.3. The summed E-state index contributed by atoms with van der Waals surface area (Å²) in [5, 5.41) is 45.2. The van der Waals surface area contributed by atoms with Gasteiger partial charge in [0.25, 0.3) is 11.8 Å². The van der Waals surface area contributed by atoms with Gasteiger partial charge in [0.15, 0.2) is 12.2 Å². The molecule has 0 aromatic carbocycles. The quantitative estimate of drug-likeness (QED) is 0.249. The average Bonchev–Trinajstić information content (AvgIpc) is 2.47. The van der Waals surface area contributed by atoms with E-state index in [0.717, 1.165) is 0 Å². The number of hydrogen-bond donors (Lipinski definition) is 6. The lowest BCUT2D eigenvalue weighted by Gasteiger charge is -2.29. The lowest BCUT2D eigenvalue weighted by atomic mass is 10.1. The van der Waals surface area contributed by atoms with Crippen molar-refractivity contribution in [1.82, 2.24) is 4.90 Å². The number of rotatable bonds is 9. The van der Waals surface area contributed by atoms with E-state index in [4.69, 9.17) is 21.1 Å². The summed E-state index contributed by atoms with van der Waals surface area (Å²) in [6.45, 7) is -1.95. The van der Waals surface area contributed by atoms with Crippen molar-refractivity contribution in [3.05, 3.63) is 0 Å². The largest absolute Gasteiger partial charge is 0.480 e. The Balaban J connectivity index is 5.48. The molecule has 3 atom stereocenters. The Bertz CT molecular complexity index is 353. The number of carboxylic acid groups (broad SMARTS) is 1. The van der Waals surface area contributed by atoms with Crippen LogP contribution in [0.5, 0.6) is 0 Å². The highest BCUT2D eigenvalue weighted by Gasteiger charge is 2.39. The van der Waals surface area contributed by atoms with Crippen LogP contribution in [0.25, 0.3) is 0 Å². The third kappa shape index (κ3) is 5.36. The Hall–Kier alpha value is -1.59. The van der Waals surface area contributed by atoms with Gasteiger partial charge in [-0.25, -0.2) is 4.79 Å². The molecule has 0 rings (SSSR count). The summed E-state index contributed by atoms with van der Waals surface area (Å²) in [7, 11) is 0. The van der Waals surface area contributed by atoms with Crippen molar-refractivity contribution < 1.29 is 39.9 Å². The Labute approximate surface area is 120 Å². The smallest absolute Gasteiger partial charge is 0.326 e. The van der Waals surface area contributed by atoms with Crippen LogP contribution in [0.15, 0.2) is 0 Å². The van der Waals surface area contributed by atoms with Crippen molar-refractivity contribution in [3.8, 4) is 0 Å². The van der Waals surface area contributed by atoms with Crippen LogP contribution in [-0.4, -0.2) is 86.2 Å². The van der Waals surface area contributed by atoms with Crippen LogP contribution >= 0.6 is 0 Å². The summed E-state index contributed by atoms with van der Waals surface area (Å²) in [6.07, 6.45) is -4.06. The maximum atomic E-state index is 11.9. The van der Waals surface area contributed by atoms with E-state index in [1.807, 2.05) is 0 Å². The second-order valence-electron chi connectivity index (χ2n) is 4.23. The van der Waals surface area contributed by atoms with Crippen molar-refractivity contribution in [1.29, 1.82) is 0 Å². The summed E-state index contributed by atoms with van der Waals surface area (Å²) in [5.41, 5.74) is 5.24. The highest BCUT2D eigenvalue weighted by atomic mass is 16.4. The molecular formula is C11H20N2O8. The lowest BCUT2D eigenvalue weighted by molar-refractivity contribution is -0.167. The molecule has 0 aliphatic carbocycles. The van der Waals surface area contributed by atoms with Crippen LogP contribution < -0.4 is 5.73 Å². The van der Waals surface area contributed by atoms with E-state index in [-0.39, 0.29) is 24.3 Å². The second-order valence-corrected chi connectivity index (χ2v) is 4.23. The molecule has 3 unspecified atom stereocenters. The molecule has 10 nitrogen and oxygen atoms in total. The van der Waals surface area contributed by atoms with Gasteiger partial charge >= 0.3 is 5.97 Å². The highest BCUT2D eigenvalue weighted by molar-refractivity contribution is 6.02. The van der Waals surface area contributed by atoms with Gasteiger partial charge in [-0.3, -0.25) is 14.5 Å². The van der Waals surface area contributed by atoms with Crippen LogP contribution in [0.1, 0.15) is 12.8 Å². The molecule has 21 heavy (non-hydrogen) atoms. The van der Waals surface area contributed by atoms with Crippen LogP contribution in [-0.2, 0) is 14.4 Å². The van der Waals surface area contributed by atoms with E-state index in [9.17, 15) is 24.6 Å². The summed E-state index contributed by atoms with van der Waals surface area (Å²) in [5.74, 6) is -4.29. The minimum Gasteiger partial charge on any atom is -0.480 e. The van der Waals surface area contributed by atoms with Crippen molar-refractivity contribution in [2.45, 2.75) is 31.1 Å². The molecule has 0 aliphatic heterocycles. The first kappa shape index (κ1) is 19.4. The van der Waals surface area contributed by atoms with E-state index in [2.05, 4.69) is 0 Å². The molecule has 0 saturated carbocycles. The minimum absolute atomic E-state index is 0.102. The Kier molecular flexibility index (Phi) is 8.66. The van der Waals surface area contributed by atoms with Gasteiger partial charge in [0.05, 0.1) is 13.2 Å². The summed E-state index contributed by atoms with van der Waals surface area (Å²) in [6, 6.07) is -1.67. The van der Waals surface area contributed by atoms with Gasteiger partial charge in [-0.1, -0.05) is 0 Å². The van der Waals surface area contributed by atoms with Crippen molar-refractivity contribution in [2.24, 2.45) is 5.73 Å². The van der Waals surface area contributed by atoms with Gasteiger partial charge in [0.1, 0.15) is 6.04 Å². The Morgan fingerprint density at radius 2 is 1.43 bits per heavy atom. The first-order chi connectivity index (χ1) is 9.81. The van der Waals surface area contributed by atoms with Gasteiger partial charge in [-0.2, -0.15) is 0 Å². The SMILES string of the molecule is NCCCC(C(=O)O)N(C(=O)C(O)CO)C(=O)C(O)CO. The number of carbonyl (C=O) groups excluding carboxylic acids is 2. The molecule has 0 radical (unpaired) electrons. The van der Waals surface area contributed by atoms with Gasteiger partial charge in [-0.05, 0) is 19.4 Å². The number of aliphatic carboxylic acids is 1. The van der Waals surface area contributed by atoms with E-state index >= 15 is 0 Å². The third-order valence-electron chi connectivity index (χ3n) is 2.67. The summed E-state index contributed by atoms with van der Waals surface area (Å²) >= 11 is 0. The summed E-state index contributed by atoms with van der Waals surface area (Å²) in [4.78, 5) is 35.0. The predicted octanol–water partition coefficient (Wildman–Crippen LogP) is -3.76. The highest BCUT2D eigenvalue weighted by Crippen LogP contribution is 2.12. The number of aliphatic hydroxyl groups is 4. The molecule has 122 valence electrons. The molecule has 0 saturated heterocycles. The Morgan fingerprint density at radius 3 is 1.71 bits per heavy atom. The van der Waals surface area contributed by atoms with Crippen LogP contribution in [0.4, 0.5) is 0 Å². The number of carboxylic acids is 1. The van der Waals surface area contributed by atoms with Crippen LogP contribution in [0.2, 0.25) is 0 Å². The molecule has 0 heterocycles. The average molecular weight is 308 g/mol. The molecule has 10 heteroatoms. The normalized spacial score (nSPS) is 15.1. The lowest BCUT2D eigenvalue weighted by Crippen LogP contribution is -2.56. The molecule has 0 spiro atoms. The number of nitrogens with two attached hydrogens (primary N) is 1. The first-order valence-electron chi connectivity index (χ1n) is 6.19. The number of imide groups is 1. The van der Waals surface area contributed by atoms with Crippen LogP contribution in [0.3, 0.4) is 0 Å². The zero-order chi connectivity index (χ0) is 16.6. The van der Waals surface area contributed by atoms with Crippen molar-refractivity contribution >= 4 is 17.8 Å². The fraction of sp³-hybridized carbons (Fsp3) is 0.727. The van der Waals surface area contributed by atoms with Crippen molar-refractivity contribution in [2.75, 3.05) is 19.8 Å². The molecule has 2 amide bonds. The van der Waals surface area contributed by atoms with E-state index in [1.165, 1.54) is 0 Å². The number of hydrogen-bond acceptors (Lipinski definition) is 8. The Morgan fingerprint density at radius 1 is 1.00 bits per heavy atom. The van der Waals surface area contributed by atoms with Gasteiger partial charge < -0.3 is 31.3 Å². The molecule has 0 aromatic heterocycles. The number of nitrogens with zero attached hydrogens (tertiary/aromatic N) is 1. The molecule has 0 bridgehead atoms. The predicted molar refractivity (Wildman–Crippen MR) is 67.8 cm³/mol. The van der Waals surface area contributed by atoms with Gasteiger partial charge in [0.2, 0.25) is 0 Å². The van der Waals surface area contributed by atoms with Gasteiger partial charge in [0, 0.05) is 0 Å². The maximum absolute atomic E-state index is 11.9. The minimum atomic E-state index is -2.01. The van der Waals surface area contributed by atoms with Gasteiger partial charge in [-0.15, -0.1) is 0 Å². The maximum Gasteiger partial charge on any atom is 0.326 e. The standard InChI is InChI=1S/C11H20N2O8/c12-3-1-2-6(11(20)21)13(9(18)7(16)4-14)10(19)8(17)5-15/h6-8,14-17H,1-5,12H2,(H,20,21). The number of aliphatic hydroxyl groups excluding tert-OH is 4. The molecular weight excluding hydrogens is 288 g/mol. The topological polar surface area (TPSA) is 182 Å². The zero-order valence-corrected chi connectivity index (χ0v) is 11.3. The summed E-state index contributed by atoms with van der Waals surface area (Å²) < 4.78 is 0. The molecule has 7 N–H and O–H groups in total. The number of amides is 2. The van der Waals surface area contributed by atoms with E-state index in [1.54, 1.807) is 0 Å². The fourth-order valence-corrected chi connectivity index (χ4v) is 1.57. The molecule has 0 aliphatic rings.